The van der Waals surface area contributed by atoms with Crippen molar-refractivity contribution in [3.8, 4) is 11.5 Å². The Labute approximate surface area is 122 Å². The van der Waals surface area contributed by atoms with Crippen molar-refractivity contribution in [2.45, 2.75) is 6.54 Å². The van der Waals surface area contributed by atoms with E-state index >= 15 is 0 Å². The number of anilines is 1. The molecule has 0 spiro atoms. The average molecular weight is 296 g/mol. The van der Waals surface area contributed by atoms with Crippen LogP contribution < -0.4 is 14.8 Å². The number of methoxy groups -OCH3 is 2. The lowest BCUT2D eigenvalue weighted by atomic mass is 10.2. The van der Waals surface area contributed by atoms with Crippen LogP contribution in [0.5, 0.6) is 11.5 Å². The quantitative estimate of drug-likeness (QED) is 0.900. The average Bonchev–Trinajstić information content (AvgIpc) is 2.48. The maximum absolute atomic E-state index is 13.8. The van der Waals surface area contributed by atoms with Crippen molar-refractivity contribution in [2.75, 3.05) is 19.5 Å². The topological polar surface area (TPSA) is 30.5 Å². The smallest absolute Gasteiger partial charge is 0.164 e. The van der Waals surface area contributed by atoms with Gasteiger partial charge in [0.05, 0.1) is 24.9 Å². The molecule has 0 aliphatic carbocycles. The fourth-order valence-corrected chi connectivity index (χ4v) is 1.98. The van der Waals surface area contributed by atoms with Gasteiger partial charge in [-0.3, -0.25) is 0 Å². The predicted molar refractivity (Wildman–Crippen MR) is 78.3 cm³/mol. The van der Waals surface area contributed by atoms with Gasteiger partial charge in [0.2, 0.25) is 0 Å². The zero-order valence-electron chi connectivity index (χ0n) is 11.2. The lowest BCUT2D eigenvalue weighted by Crippen LogP contribution is -2.02. The van der Waals surface area contributed by atoms with Crippen LogP contribution in [-0.2, 0) is 6.54 Å². The summed E-state index contributed by atoms with van der Waals surface area (Å²) in [5.74, 6) is 0.921. The van der Waals surface area contributed by atoms with Gasteiger partial charge in [0.15, 0.2) is 5.82 Å². The molecule has 3 nitrogen and oxygen atoms in total. The van der Waals surface area contributed by atoms with E-state index < -0.39 is 5.82 Å². The molecular weight excluding hydrogens is 281 g/mol. The van der Waals surface area contributed by atoms with Crippen LogP contribution in [0.4, 0.5) is 10.1 Å². The SMILES string of the molecule is COc1cc(CNc2cccc(Cl)c2F)cc(OC)c1. The number of rotatable bonds is 5. The molecule has 0 atom stereocenters. The highest BCUT2D eigenvalue weighted by Crippen LogP contribution is 2.25. The van der Waals surface area contributed by atoms with Crippen molar-refractivity contribution < 1.29 is 13.9 Å². The Morgan fingerprint density at radius 3 is 2.35 bits per heavy atom. The van der Waals surface area contributed by atoms with Crippen LogP contribution in [0.2, 0.25) is 5.02 Å². The first-order valence-electron chi connectivity index (χ1n) is 6.04. The van der Waals surface area contributed by atoms with Gasteiger partial charge in [0, 0.05) is 12.6 Å². The minimum atomic E-state index is -0.455. The van der Waals surface area contributed by atoms with Gasteiger partial charge in [-0.2, -0.15) is 0 Å². The van der Waals surface area contributed by atoms with Gasteiger partial charge in [-0.05, 0) is 29.8 Å². The summed E-state index contributed by atoms with van der Waals surface area (Å²) in [6, 6.07) is 10.3. The van der Waals surface area contributed by atoms with E-state index in [4.69, 9.17) is 21.1 Å². The molecule has 0 unspecified atom stereocenters. The minimum Gasteiger partial charge on any atom is -0.497 e. The van der Waals surface area contributed by atoms with Crippen LogP contribution in [0.1, 0.15) is 5.56 Å². The Bertz CT molecular complexity index is 582. The van der Waals surface area contributed by atoms with Gasteiger partial charge >= 0.3 is 0 Å². The number of nitrogens with one attached hydrogen (secondary N) is 1. The van der Waals surface area contributed by atoms with Crippen LogP contribution in [0.25, 0.3) is 0 Å². The van der Waals surface area contributed by atoms with E-state index in [1.807, 2.05) is 12.1 Å². The fraction of sp³-hybridized carbons (Fsp3) is 0.200. The Morgan fingerprint density at radius 1 is 1.10 bits per heavy atom. The monoisotopic (exact) mass is 295 g/mol. The second-order valence-electron chi connectivity index (χ2n) is 4.18. The highest BCUT2D eigenvalue weighted by molar-refractivity contribution is 6.31. The molecule has 0 saturated heterocycles. The van der Waals surface area contributed by atoms with Crippen LogP contribution in [-0.4, -0.2) is 14.2 Å². The molecule has 0 heterocycles. The van der Waals surface area contributed by atoms with E-state index in [9.17, 15) is 4.39 Å². The molecule has 20 heavy (non-hydrogen) atoms. The molecule has 5 heteroatoms. The molecule has 0 amide bonds. The normalized spacial score (nSPS) is 10.2. The van der Waals surface area contributed by atoms with Gasteiger partial charge < -0.3 is 14.8 Å². The highest BCUT2D eigenvalue weighted by Gasteiger charge is 2.07. The first-order chi connectivity index (χ1) is 9.63. The lowest BCUT2D eigenvalue weighted by Gasteiger charge is -2.11. The summed E-state index contributed by atoms with van der Waals surface area (Å²) in [5, 5.41) is 3.10. The standard InChI is InChI=1S/C15H15ClFNO2/c1-19-11-6-10(7-12(8-11)20-2)9-18-14-5-3-4-13(16)15(14)17/h3-8,18H,9H2,1-2H3. The van der Waals surface area contributed by atoms with E-state index in [2.05, 4.69) is 5.32 Å². The van der Waals surface area contributed by atoms with Gasteiger partial charge in [-0.1, -0.05) is 17.7 Å². The zero-order chi connectivity index (χ0) is 14.5. The summed E-state index contributed by atoms with van der Waals surface area (Å²) >= 11 is 5.74. The van der Waals surface area contributed by atoms with Gasteiger partial charge in [-0.15, -0.1) is 0 Å². The van der Waals surface area contributed by atoms with E-state index in [1.54, 1.807) is 32.4 Å². The number of hydrogen-bond acceptors (Lipinski definition) is 3. The number of ether oxygens (including phenoxy) is 2. The number of benzene rings is 2. The molecule has 0 fully saturated rings. The third-order valence-electron chi connectivity index (χ3n) is 2.85. The van der Waals surface area contributed by atoms with E-state index in [-0.39, 0.29) is 5.02 Å². The van der Waals surface area contributed by atoms with Crippen molar-refractivity contribution in [2.24, 2.45) is 0 Å². The highest BCUT2D eigenvalue weighted by atomic mass is 35.5. The molecule has 0 aromatic heterocycles. The summed E-state index contributed by atoms with van der Waals surface area (Å²) in [6.45, 7) is 0.435. The molecule has 2 aromatic carbocycles. The number of halogens is 2. The van der Waals surface area contributed by atoms with Crippen LogP contribution in [0.15, 0.2) is 36.4 Å². The first-order valence-corrected chi connectivity index (χ1v) is 6.41. The van der Waals surface area contributed by atoms with Crippen LogP contribution in [0.3, 0.4) is 0 Å². The molecule has 1 N–H and O–H groups in total. The molecule has 0 bridgehead atoms. The largest absolute Gasteiger partial charge is 0.497 e. The summed E-state index contributed by atoms with van der Waals surface area (Å²) in [5.41, 5.74) is 1.28. The van der Waals surface area contributed by atoms with Crippen molar-refractivity contribution in [3.63, 3.8) is 0 Å². The van der Waals surface area contributed by atoms with Crippen LogP contribution in [0, 0.1) is 5.82 Å². The molecule has 0 radical (unpaired) electrons. The predicted octanol–water partition coefficient (Wildman–Crippen LogP) is 4.11. The van der Waals surface area contributed by atoms with E-state index in [1.165, 1.54) is 6.07 Å². The second-order valence-corrected chi connectivity index (χ2v) is 4.58. The third-order valence-corrected chi connectivity index (χ3v) is 3.14. The summed E-state index contributed by atoms with van der Waals surface area (Å²) in [6.07, 6.45) is 0. The Balaban J connectivity index is 2.16. The summed E-state index contributed by atoms with van der Waals surface area (Å²) < 4.78 is 24.1. The molecule has 106 valence electrons. The van der Waals surface area contributed by atoms with Gasteiger partial charge in [0.1, 0.15) is 11.5 Å². The molecule has 2 rings (SSSR count). The third kappa shape index (κ3) is 3.33. The van der Waals surface area contributed by atoms with Crippen molar-refractivity contribution in [1.82, 2.24) is 0 Å². The Morgan fingerprint density at radius 2 is 1.75 bits per heavy atom. The summed E-state index contributed by atoms with van der Waals surface area (Å²) in [7, 11) is 3.17. The van der Waals surface area contributed by atoms with Gasteiger partial charge in [-0.25, -0.2) is 4.39 Å². The number of hydrogen-bond donors (Lipinski definition) is 1. The second kappa shape index (κ2) is 6.48. The van der Waals surface area contributed by atoms with Crippen molar-refractivity contribution in [3.05, 3.63) is 52.8 Å². The lowest BCUT2D eigenvalue weighted by molar-refractivity contribution is 0.393. The maximum atomic E-state index is 13.8. The molecule has 0 aliphatic heterocycles. The fourth-order valence-electron chi connectivity index (χ4n) is 1.81. The molecule has 2 aromatic rings. The van der Waals surface area contributed by atoms with Crippen molar-refractivity contribution >= 4 is 17.3 Å². The Kier molecular flexibility index (Phi) is 4.69. The molecular formula is C15H15ClFNO2. The van der Waals surface area contributed by atoms with E-state index in [0.29, 0.717) is 23.7 Å². The zero-order valence-corrected chi connectivity index (χ0v) is 12.0. The maximum Gasteiger partial charge on any atom is 0.164 e. The van der Waals surface area contributed by atoms with Crippen LogP contribution >= 0.6 is 11.6 Å². The molecule has 0 saturated carbocycles. The van der Waals surface area contributed by atoms with E-state index in [0.717, 1.165) is 5.56 Å². The minimum absolute atomic E-state index is 0.0956. The molecule has 0 aliphatic rings. The Hall–Kier alpha value is -1.94. The summed E-state index contributed by atoms with van der Waals surface area (Å²) in [4.78, 5) is 0. The first kappa shape index (κ1) is 14.5. The van der Waals surface area contributed by atoms with Gasteiger partial charge in [0.25, 0.3) is 0 Å². The van der Waals surface area contributed by atoms with Crippen molar-refractivity contribution in [1.29, 1.82) is 0 Å².